The Morgan fingerprint density at radius 2 is 1.67 bits per heavy atom. The molecule has 3 N–H and O–H groups in total. The molecule has 0 saturated heterocycles. The van der Waals surface area contributed by atoms with E-state index in [1.54, 1.807) is 12.1 Å². The topological polar surface area (TPSA) is 129 Å². The van der Waals surface area contributed by atoms with Crippen LogP contribution in [0.25, 0.3) is 0 Å². The lowest BCUT2D eigenvalue weighted by molar-refractivity contribution is -0.119. The van der Waals surface area contributed by atoms with Gasteiger partial charge in [0.2, 0.25) is 5.91 Å². The number of carbonyl (C=O) groups is 1. The number of H-pyrrole nitrogens is 1. The first kappa shape index (κ1) is 26.6. The molecule has 2 aromatic carbocycles. The van der Waals surface area contributed by atoms with Crippen LogP contribution in [0.3, 0.4) is 0 Å². The number of amides is 1. The van der Waals surface area contributed by atoms with Crippen molar-refractivity contribution in [3.8, 4) is 11.5 Å². The average Bonchev–Trinajstić information content (AvgIpc) is 2.87. The summed E-state index contributed by atoms with van der Waals surface area (Å²) in [6, 6.07) is 16.5. The van der Waals surface area contributed by atoms with Gasteiger partial charge >= 0.3 is 5.69 Å². The van der Waals surface area contributed by atoms with Gasteiger partial charge in [-0.2, -0.15) is 0 Å². The van der Waals surface area contributed by atoms with E-state index in [4.69, 9.17) is 19.9 Å². The minimum Gasteiger partial charge on any atom is -0.494 e. The number of nitrogens with two attached hydrogens (primary N) is 1. The Balaban J connectivity index is 1.77. The zero-order chi connectivity index (χ0) is 25.9. The second kappa shape index (κ2) is 13.1. The molecule has 3 rings (SSSR count). The molecular formula is C26H32N4O6. The highest BCUT2D eigenvalue weighted by molar-refractivity contribution is 5.95. The van der Waals surface area contributed by atoms with Crippen LogP contribution in [0.2, 0.25) is 0 Å². The predicted molar refractivity (Wildman–Crippen MR) is 138 cm³/mol. The third kappa shape index (κ3) is 6.98. The van der Waals surface area contributed by atoms with Crippen molar-refractivity contribution in [2.75, 3.05) is 37.6 Å². The summed E-state index contributed by atoms with van der Waals surface area (Å²) in [5.41, 5.74) is 5.61. The van der Waals surface area contributed by atoms with Crippen molar-refractivity contribution in [3.05, 3.63) is 81.0 Å². The molecule has 36 heavy (non-hydrogen) atoms. The molecule has 0 atom stereocenters. The first-order valence-electron chi connectivity index (χ1n) is 11.8. The molecule has 0 saturated carbocycles. The second-order valence-electron chi connectivity index (χ2n) is 7.96. The van der Waals surface area contributed by atoms with Crippen LogP contribution in [0.4, 0.5) is 11.5 Å². The summed E-state index contributed by atoms with van der Waals surface area (Å²) in [5, 5.41) is 0. The summed E-state index contributed by atoms with van der Waals surface area (Å²) in [7, 11) is 1.49. The Labute approximate surface area is 209 Å². The van der Waals surface area contributed by atoms with Gasteiger partial charge in [-0.3, -0.25) is 19.1 Å². The minimum absolute atomic E-state index is 0.0630. The molecule has 0 aliphatic carbocycles. The van der Waals surface area contributed by atoms with Crippen molar-refractivity contribution in [2.24, 2.45) is 0 Å². The summed E-state index contributed by atoms with van der Waals surface area (Å²) in [5.74, 6) is 1.02. The van der Waals surface area contributed by atoms with Crippen LogP contribution in [-0.4, -0.2) is 42.4 Å². The van der Waals surface area contributed by atoms with Gasteiger partial charge in [0.05, 0.1) is 32.9 Å². The van der Waals surface area contributed by atoms with Crippen molar-refractivity contribution in [3.63, 3.8) is 0 Å². The van der Waals surface area contributed by atoms with E-state index in [1.165, 1.54) is 16.6 Å². The van der Waals surface area contributed by atoms with E-state index < -0.39 is 11.2 Å². The molecular weight excluding hydrogens is 464 g/mol. The zero-order valence-electron chi connectivity index (χ0n) is 20.6. The first-order chi connectivity index (χ1) is 17.4. The number of carbonyl (C=O) groups excluding carboxylic acids is 1. The van der Waals surface area contributed by atoms with Gasteiger partial charge in [-0.1, -0.05) is 30.3 Å². The number of nitrogens with one attached hydrogen (secondary N) is 1. The predicted octanol–water partition coefficient (Wildman–Crippen LogP) is 2.56. The zero-order valence-corrected chi connectivity index (χ0v) is 20.6. The standard InChI is InChI=1S/C26H32N4O6/c1-3-35-20-11-13-21(14-12-20)36-16-7-10-22(31)30(18-19-8-5-4-6-9-19)23-24(27)29(15-17-34-2)26(33)28-25(23)32/h4-6,8-9,11-14H,3,7,10,15-18,27H2,1-2H3,(H,28,32,33). The molecule has 0 unspecified atom stereocenters. The number of anilines is 2. The largest absolute Gasteiger partial charge is 0.494 e. The number of nitrogen functional groups attached to an aromatic ring is 1. The number of nitrogens with zero attached hydrogens (tertiary/aromatic N) is 2. The van der Waals surface area contributed by atoms with Gasteiger partial charge in [-0.15, -0.1) is 0 Å². The van der Waals surface area contributed by atoms with Crippen LogP contribution in [0.5, 0.6) is 11.5 Å². The van der Waals surface area contributed by atoms with Gasteiger partial charge in [-0.05, 0) is 43.2 Å². The van der Waals surface area contributed by atoms with Crippen molar-refractivity contribution >= 4 is 17.4 Å². The highest BCUT2D eigenvalue weighted by Gasteiger charge is 2.24. The van der Waals surface area contributed by atoms with Gasteiger partial charge in [0.15, 0.2) is 5.69 Å². The molecule has 1 amide bonds. The van der Waals surface area contributed by atoms with Crippen molar-refractivity contribution in [1.82, 2.24) is 9.55 Å². The molecule has 1 heterocycles. The van der Waals surface area contributed by atoms with Gasteiger partial charge in [-0.25, -0.2) is 4.79 Å². The lowest BCUT2D eigenvalue weighted by atomic mass is 10.2. The quantitative estimate of drug-likeness (QED) is 0.348. The van der Waals surface area contributed by atoms with Crippen LogP contribution in [0.1, 0.15) is 25.3 Å². The maximum absolute atomic E-state index is 13.3. The highest BCUT2D eigenvalue weighted by Crippen LogP contribution is 2.22. The summed E-state index contributed by atoms with van der Waals surface area (Å²) < 4.78 is 17.4. The fourth-order valence-electron chi connectivity index (χ4n) is 3.65. The van der Waals surface area contributed by atoms with Crippen LogP contribution >= 0.6 is 0 Å². The normalized spacial score (nSPS) is 10.7. The third-order valence-electron chi connectivity index (χ3n) is 5.43. The molecule has 0 bridgehead atoms. The average molecular weight is 497 g/mol. The molecule has 0 aliphatic heterocycles. The second-order valence-corrected chi connectivity index (χ2v) is 7.96. The van der Waals surface area contributed by atoms with E-state index in [0.717, 1.165) is 11.3 Å². The van der Waals surface area contributed by atoms with E-state index in [-0.39, 0.29) is 43.5 Å². The molecule has 0 radical (unpaired) electrons. The molecule has 192 valence electrons. The molecule has 10 nitrogen and oxygen atoms in total. The molecule has 3 aromatic rings. The Morgan fingerprint density at radius 1 is 1.00 bits per heavy atom. The maximum atomic E-state index is 13.3. The SMILES string of the molecule is CCOc1ccc(OCCCC(=O)N(Cc2ccccc2)c2c(N)n(CCOC)c(=O)[nH]c2=O)cc1. The smallest absolute Gasteiger partial charge is 0.330 e. The lowest BCUT2D eigenvalue weighted by Gasteiger charge is -2.25. The molecule has 0 aliphatic rings. The van der Waals surface area contributed by atoms with Gasteiger partial charge in [0.25, 0.3) is 5.56 Å². The summed E-state index contributed by atoms with van der Waals surface area (Å²) in [6.07, 6.45) is 0.526. The maximum Gasteiger partial charge on any atom is 0.330 e. The van der Waals surface area contributed by atoms with Gasteiger partial charge < -0.3 is 24.8 Å². The number of hydrogen-bond acceptors (Lipinski definition) is 7. The molecule has 0 spiro atoms. The van der Waals surface area contributed by atoms with Crippen molar-refractivity contribution < 1.29 is 19.0 Å². The van der Waals surface area contributed by atoms with Gasteiger partial charge in [0, 0.05) is 13.5 Å². The molecule has 10 heteroatoms. The first-order valence-corrected chi connectivity index (χ1v) is 11.8. The van der Waals surface area contributed by atoms with E-state index in [1.807, 2.05) is 49.4 Å². The van der Waals surface area contributed by atoms with Crippen LogP contribution in [0.15, 0.2) is 64.2 Å². The van der Waals surface area contributed by atoms with E-state index >= 15 is 0 Å². The van der Waals surface area contributed by atoms with E-state index in [9.17, 15) is 14.4 Å². The number of benzene rings is 2. The van der Waals surface area contributed by atoms with Crippen LogP contribution in [-0.2, 0) is 22.6 Å². The Hall–Kier alpha value is -4.05. The third-order valence-corrected chi connectivity index (χ3v) is 5.43. The van der Waals surface area contributed by atoms with Gasteiger partial charge in [0.1, 0.15) is 17.3 Å². The number of hydrogen-bond donors (Lipinski definition) is 2. The van der Waals surface area contributed by atoms with Crippen LogP contribution < -0.4 is 31.4 Å². The monoisotopic (exact) mass is 496 g/mol. The number of aromatic nitrogens is 2. The Morgan fingerprint density at radius 3 is 2.31 bits per heavy atom. The van der Waals surface area contributed by atoms with Crippen molar-refractivity contribution in [1.29, 1.82) is 0 Å². The molecule has 0 fully saturated rings. The number of rotatable bonds is 13. The summed E-state index contributed by atoms with van der Waals surface area (Å²) in [4.78, 5) is 42.0. The number of aromatic amines is 1. The summed E-state index contributed by atoms with van der Waals surface area (Å²) >= 11 is 0. The highest BCUT2D eigenvalue weighted by atomic mass is 16.5. The number of ether oxygens (including phenoxy) is 3. The summed E-state index contributed by atoms with van der Waals surface area (Å²) in [6.45, 7) is 3.27. The van der Waals surface area contributed by atoms with E-state index in [0.29, 0.717) is 25.4 Å². The lowest BCUT2D eigenvalue weighted by Crippen LogP contribution is -2.41. The fourth-order valence-corrected chi connectivity index (χ4v) is 3.65. The fraction of sp³-hybridized carbons (Fsp3) is 0.346. The van der Waals surface area contributed by atoms with Crippen LogP contribution in [0, 0.1) is 0 Å². The number of methoxy groups -OCH3 is 1. The molecule has 1 aromatic heterocycles. The minimum atomic E-state index is -0.721. The Bertz CT molecular complexity index is 1240. The van der Waals surface area contributed by atoms with Crippen molar-refractivity contribution in [2.45, 2.75) is 32.9 Å². The van der Waals surface area contributed by atoms with E-state index in [2.05, 4.69) is 4.98 Å². The Kier molecular flexibility index (Phi) is 9.70.